The van der Waals surface area contributed by atoms with Crippen LogP contribution in [0.5, 0.6) is 0 Å². The monoisotopic (exact) mass is 392 g/mol. The van der Waals surface area contributed by atoms with Gasteiger partial charge in [-0.25, -0.2) is 14.6 Å². The number of rotatable bonds is 5. The first kappa shape index (κ1) is 19.0. The summed E-state index contributed by atoms with van der Waals surface area (Å²) in [6.45, 7) is 5.32. The number of piperazine rings is 1. The lowest BCUT2D eigenvalue weighted by Crippen LogP contribution is -2.43. The molecule has 9 nitrogen and oxygen atoms in total. The molecule has 0 spiro atoms. The minimum atomic E-state index is -0.560. The maximum Gasteiger partial charge on any atom is 0.251 e. The van der Waals surface area contributed by atoms with Crippen LogP contribution in [0.4, 0.5) is 5.82 Å². The Bertz CT molecular complexity index is 1010. The van der Waals surface area contributed by atoms with E-state index in [2.05, 4.69) is 44.0 Å². The van der Waals surface area contributed by atoms with E-state index in [1.807, 2.05) is 12.1 Å². The quantitative estimate of drug-likeness (QED) is 0.658. The van der Waals surface area contributed by atoms with Gasteiger partial charge in [0, 0.05) is 44.5 Å². The van der Waals surface area contributed by atoms with E-state index in [1.165, 1.54) is 22.6 Å². The van der Waals surface area contributed by atoms with Crippen LogP contribution < -0.4 is 11.5 Å². The molecule has 0 bridgehead atoms. The summed E-state index contributed by atoms with van der Waals surface area (Å²) in [6, 6.07) is 8.30. The van der Waals surface area contributed by atoms with Crippen LogP contribution in [0.25, 0.3) is 17.1 Å². The SMILES string of the molecule is CN1CCN(Cc2ccc(-c3cnc(N)c(-n4cc(C(N)=O)cn4)n3)cc2)CC1. The zero-order valence-corrected chi connectivity index (χ0v) is 16.3. The summed E-state index contributed by atoms with van der Waals surface area (Å²) in [5.41, 5.74) is 14.4. The molecule has 1 fully saturated rings. The number of hydrogen-bond acceptors (Lipinski definition) is 7. The lowest BCUT2D eigenvalue weighted by atomic mass is 10.1. The van der Waals surface area contributed by atoms with Gasteiger partial charge in [0.05, 0.1) is 23.7 Å². The molecule has 150 valence electrons. The number of amides is 1. The third-order valence-electron chi connectivity index (χ3n) is 5.12. The molecule has 0 aliphatic carbocycles. The number of likely N-dealkylation sites (N-methyl/N-ethyl adjacent to an activating group) is 1. The van der Waals surface area contributed by atoms with E-state index in [4.69, 9.17) is 11.5 Å². The fraction of sp³-hybridized carbons (Fsp3) is 0.300. The van der Waals surface area contributed by atoms with Crippen molar-refractivity contribution in [1.82, 2.24) is 29.5 Å². The lowest BCUT2D eigenvalue weighted by molar-refractivity contribution is 0.100. The van der Waals surface area contributed by atoms with Crippen molar-refractivity contribution in [3.63, 3.8) is 0 Å². The number of nitrogens with zero attached hydrogens (tertiary/aromatic N) is 6. The minimum absolute atomic E-state index is 0.222. The highest BCUT2D eigenvalue weighted by Gasteiger charge is 2.15. The second-order valence-corrected chi connectivity index (χ2v) is 7.28. The summed E-state index contributed by atoms with van der Waals surface area (Å²) in [7, 11) is 2.16. The Labute approximate surface area is 169 Å². The van der Waals surface area contributed by atoms with Crippen molar-refractivity contribution in [3.05, 3.63) is 54.0 Å². The molecule has 1 amide bonds. The lowest BCUT2D eigenvalue weighted by Gasteiger charge is -2.32. The summed E-state index contributed by atoms with van der Waals surface area (Å²) in [6.07, 6.45) is 4.50. The zero-order chi connectivity index (χ0) is 20.4. The average Bonchev–Trinajstić information content (AvgIpc) is 3.21. The molecule has 1 aliphatic rings. The molecule has 1 saturated heterocycles. The van der Waals surface area contributed by atoms with Crippen LogP contribution in [0.3, 0.4) is 0 Å². The molecule has 4 N–H and O–H groups in total. The average molecular weight is 392 g/mol. The maximum absolute atomic E-state index is 11.3. The van der Waals surface area contributed by atoms with Crippen LogP contribution >= 0.6 is 0 Å². The number of aromatic nitrogens is 4. The normalized spacial score (nSPS) is 15.5. The number of nitrogens with two attached hydrogens (primary N) is 2. The second-order valence-electron chi connectivity index (χ2n) is 7.28. The van der Waals surface area contributed by atoms with Gasteiger partial charge in [0.25, 0.3) is 5.91 Å². The zero-order valence-electron chi connectivity index (χ0n) is 16.3. The Morgan fingerprint density at radius 2 is 1.83 bits per heavy atom. The Balaban J connectivity index is 1.53. The molecule has 9 heteroatoms. The first-order chi connectivity index (χ1) is 14.0. The molecular weight excluding hydrogens is 368 g/mol. The van der Waals surface area contributed by atoms with E-state index in [-0.39, 0.29) is 11.4 Å². The Hall–Kier alpha value is -3.30. The molecule has 2 aromatic heterocycles. The molecule has 29 heavy (non-hydrogen) atoms. The highest BCUT2D eigenvalue weighted by atomic mass is 16.1. The van der Waals surface area contributed by atoms with E-state index in [0.29, 0.717) is 11.5 Å². The molecular formula is C20H24N8O. The summed E-state index contributed by atoms with van der Waals surface area (Å²) < 4.78 is 1.41. The summed E-state index contributed by atoms with van der Waals surface area (Å²) >= 11 is 0. The summed E-state index contributed by atoms with van der Waals surface area (Å²) in [5.74, 6) is 0.0194. The van der Waals surface area contributed by atoms with E-state index >= 15 is 0 Å². The smallest absolute Gasteiger partial charge is 0.251 e. The van der Waals surface area contributed by atoms with E-state index in [0.717, 1.165) is 38.3 Å². The Morgan fingerprint density at radius 1 is 1.10 bits per heavy atom. The van der Waals surface area contributed by atoms with Gasteiger partial charge in [0.15, 0.2) is 11.6 Å². The van der Waals surface area contributed by atoms with Gasteiger partial charge in [-0.1, -0.05) is 24.3 Å². The predicted molar refractivity (Wildman–Crippen MR) is 110 cm³/mol. The predicted octanol–water partition coefficient (Wildman–Crippen LogP) is 0.758. The fourth-order valence-corrected chi connectivity index (χ4v) is 3.31. The molecule has 0 radical (unpaired) electrons. The molecule has 0 saturated carbocycles. The van der Waals surface area contributed by atoms with Crippen LogP contribution in [0.15, 0.2) is 42.9 Å². The topological polar surface area (TPSA) is 119 Å². The van der Waals surface area contributed by atoms with Crippen LogP contribution in [-0.4, -0.2) is 68.7 Å². The molecule has 3 heterocycles. The van der Waals surface area contributed by atoms with Crippen molar-refractivity contribution in [3.8, 4) is 17.1 Å². The van der Waals surface area contributed by atoms with Crippen LogP contribution in [0.1, 0.15) is 15.9 Å². The van der Waals surface area contributed by atoms with Gasteiger partial charge >= 0.3 is 0 Å². The highest BCUT2D eigenvalue weighted by Crippen LogP contribution is 2.21. The number of benzene rings is 1. The van der Waals surface area contributed by atoms with E-state index in [1.54, 1.807) is 6.20 Å². The third kappa shape index (κ3) is 4.25. The molecule has 1 aliphatic heterocycles. The van der Waals surface area contributed by atoms with Crippen molar-refractivity contribution in [2.75, 3.05) is 39.0 Å². The summed E-state index contributed by atoms with van der Waals surface area (Å²) in [4.78, 5) is 24.9. The van der Waals surface area contributed by atoms with E-state index < -0.39 is 5.91 Å². The number of carbonyl (C=O) groups is 1. The molecule has 0 unspecified atom stereocenters. The van der Waals surface area contributed by atoms with Gasteiger partial charge in [0.1, 0.15) is 0 Å². The second kappa shape index (κ2) is 7.98. The Kier molecular flexibility index (Phi) is 5.24. The van der Waals surface area contributed by atoms with Gasteiger partial charge in [0.2, 0.25) is 0 Å². The van der Waals surface area contributed by atoms with Crippen LogP contribution in [-0.2, 0) is 6.54 Å². The van der Waals surface area contributed by atoms with Gasteiger partial charge < -0.3 is 16.4 Å². The minimum Gasteiger partial charge on any atom is -0.381 e. The highest BCUT2D eigenvalue weighted by molar-refractivity contribution is 5.92. The van der Waals surface area contributed by atoms with Crippen molar-refractivity contribution in [1.29, 1.82) is 0 Å². The number of primary amides is 1. The molecule has 0 atom stereocenters. The van der Waals surface area contributed by atoms with E-state index in [9.17, 15) is 4.79 Å². The van der Waals surface area contributed by atoms with Gasteiger partial charge in [-0.05, 0) is 12.6 Å². The standard InChI is InChI=1S/C20H24N8O/c1-26-6-8-27(9-7-26)12-14-2-4-15(5-3-14)17-11-23-18(21)20(25-17)28-13-16(10-24-28)19(22)29/h2-5,10-11,13H,6-9,12H2,1H3,(H2,21,23)(H2,22,29). The number of nitrogen functional groups attached to an aromatic ring is 1. The summed E-state index contributed by atoms with van der Waals surface area (Å²) in [5, 5.41) is 4.11. The van der Waals surface area contributed by atoms with Crippen LogP contribution in [0.2, 0.25) is 0 Å². The number of hydrogen-bond donors (Lipinski definition) is 2. The Morgan fingerprint density at radius 3 is 2.48 bits per heavy atom. The molecule has 1 aromatic carbocycles. The van der Waals surface area contributed by atoms with Crippen molar-refractivity contribution < 1.29 is 4.79 Å². The number of anilines is 1. The van der Waals surface area contributed by atoms with Gasteiger partial charge in [-0.3, -0.25) is 9.69 Å². The van der Waals surface area contributed by atoms with Crippen LogP contribution in [0, 0.1) is 0 Å². The van der Waals surface area contributed by atoms with Crippen molar-refractivity contribution in [2.24, 2.45) is 5.73 Å². The first-order valence-corrected chi connectivity index (χ1v) is 9.47. The molecule has 4 rings (SSSR count). The largest absolute Gasteiger partial charge is 0.381 e. The van der Waals surface area contributed by atoms with Crippen molar-refractivity contribution in [2.45, 2.75) is 6.54 Å². The van der Waals surface area contributed by atoms with Crippen molar-refractivity contribution >= 4 is 11.7 Å². The molecule has 3 aromatic rings. The van der Waals surface area contributed by atoms with Gasteiger partial charge in [-0.15, -0.1) is 0 Å². The maximum atomic E-state index is 11.3. The fourth-order valence-electron chi connectivity index (χ4n) is 3.31. The third-order valence-corrected chi connectivity index (χ3v) is 5.12. The van der Waals surface area contributed by atoms with Gasteiger partial charge in [-0.2, -0.15) is 5.10 Å². The first-order valence-electron chi connectivity index (χ1n) is 9.47. The number of carbonyl (C=O) groups excluding carboxylic acids is 1.